The van der Waals surface area contributed by atoms with Gasteiger partial charge >= 0.3 is 6.09 Å². The Bertz CT molecular complexity index is 938. The molecule has 1 heterocycles. The van der Waals surface area contributed by atoms with Gasteiger partial charge < -0.3 is 14.8 Å². The van der Waals surface area contributed by atoms with E-state index in [4.69, 9.17) is 9.47 Å². The van der Waals surface area contributed by atoms with Gasteiger partial charge in [-0.1, -0.05) is 12.1 Å². The number of thiophene rings is 1. The van der Waals surface area contributed by atoms with Gasteiger partial charge in [-0.2, -0.15) is 0 Å². The average molecular weight is 441 g/mol. The lowest BCUT2D eigenvalue weighted by Crippen LogP contribution is -2.33. The van der Waals surface area contributed by atoms with Crippen LogP contribution < -0.4 is 10.1 Å². The van der Waals surface area contributed by atoms with E-state index in [1.807, 2.05) is 6.92 Å². The Kier molecular flexibility index (Phi) is 8.03. The van der Waals surface area contributed by atoms with Crippen LogP contribution in [0, 0.1) is 0 Å². The molecule has 10 heteroatoms. The predicted octanol–water partition coefficient (Wildman–Crippen LogP) is 2.90. The molecule has 8 nitrogen and oxygen atoms in total. The van der Waals surface area contributed by atoms with E-state index in [2.05, 4.69) is 5.32 Å². The summed E-state index contributed by atoms with van der Waals surface area (Å²) in [4.78, 5) is 24.4. The van der Waals surface area contributed by atoms with Crippen molar-refractivity contribution in [3.8, 4) is 5.75 Å². The number of nitrogens with zero attached hydrogens (tertiary/aromatic N) is 1. The fourth-order valence-corrected chi connectivity index (χ4v) is 4.23. The van der Waals surface area contributed by atoms with E-state index >= 15 is 0 Å². The summed E-state index contributed by atoms with van der Waals surface area (Å²) in [5.74, 6) is 0.356. The molecular weight excluding hydrogens is 416 g/mol. The number of carbonyl (C=O) groups is 2. The first kappa shape index (κ1) is 22.7. The molecule has 0 unspecified atom stereocenters. The molecule has 0 radical (unpaired) electrons. The van der Waals surface area contributed by atoms with Crippen LogP contribution in [0.1, 0.15) is 29.1 Å². The number of benzene rings is 1. The van der Waals surface area contributed by atoms with Gasteiger partial charge in [-0.05, 0) is 49.4 Å². The van der Waals surface area contributed by atoms with Crippen molar-refractivity contribution in [2.45, 2.75) is 25.2 Å². The number of sulfonamides is 1. The van der Waals surface area contributed by atoms with Gasteiger partial charge in [0.05, 0.1) is 18.1 Å². The van der Waals surface area contributed by atoms with Crippen molar-refractivity contribution in [1.29, 1.82) is 0 Å². The summed E-state index contributed by atoms with van der Waals surface area (Å²) in [6.45, 7) is 4.41. The van der Waals surface area contributed by atoms with Gasteiger partial charge in [0.15, 0.2) is 0 Å². The first-order valence-electron chi connectivity index (χ1n) is 9.04. The van der Waals surface area contributed by atoms with Gasteiger partial charge in [-0.15, -0.1) is 11.3 Å². The minimum Gasteiger partial charge on any atom is -0.492 e. The predicted molar refractivity (Wildman–Crippen MR) is 110 cm³/mol. The first-order chi connectivity index (χ1) is 13.8. The zero-order valence-corrected chi connectivity index (χ0v) is 18.1. The fourth-order valence-electron chi connectivity index (χ4n) is 2.43. The lowest BCUT2D eigenvalue weighted by Gasteiger charge is -2.17. The Balaban J connectivity index is 1.94. The van der Waals surface area contributed by atoms with Gasteiger partial charge in [-0.25, -0.2) is 17.5 Å². The number of ether oxygens (including phenoxy) is 2. The molecule has 2 rings (SSSR count). The zero-order chi connectivity index (χ0) is 21.4. The van der Waals surface area contributed by atoms with E-state index in [0.29, 0.717) is 34.5 Å². The number of amides is 2. The third-order valence-electron chi connectivity index (χ3n) is 3.94. The summed E-state index contributed by atoms with van der Waals surface area (Å²) in [6, 6.07) is 7.91. The molecule has 0 spiro atoms. The molecule has 2 amide bonds. The van der Waals surface area contributed by atoms with Crippen LogP contribution in [0.2, 0.25) is 0 Å². The van der Waals surface area contributed by atoms with Crippen LogP contribution in [-0.4, -0.2) is 51.5 Å². The van der Waals surface area contributed by atoms with Crippen molar-refractivity contribution in [1.82, 2.24) is 9.62 Å². The number of hydrogen-bond acceptors (Lipinski definition) is 7. The van der Waals surface area contributed by atoms with Crippen LogP contribution >= 0.6 is 11.3 Å². The molecule has 1 aromatic heterocycles. The number of carbonyl (C=O) groups excluding carboxylic acids is 2. The highest BCUT2D eigenvalue weighted by Gasteiger charge is 2.26. The van der Waals surface area contributed by atoms with Crippen molar-refractivity contribution >= 4 is 33.4 Å². The van der Waals surface area contributed by atoms with Crippen LogP contribution in [0.25, 0.3) is 0 Å². The van der Waals surface area contributed by atoms with Crippen LogP contribution in [0.15, 0.2) is 40.6 Å². The molecule has 2 aromatic rings. The molecule has 0 aliphatic heterocycles. The molecule has 29 heavy (non-hydrogen) atoms. The van der Waals surface area contributed by atoms with E-state index < -0.39 is 16.1 Å². The second-order valence-corrected chi connectivity index (χ2v) is 8.75. The molecule has 0 aliphatic rings. The summed E-state index contributed by atoms with van der Waals surface area (Å²) < 4.78 is 35.6. The molecule has 0 bridgehead atoms. The zero-order valence-electron chi connectivity index (χ0n) is 16.5. The quantitative estimate of drug-likeness (QED) is 0.643. The SMILES string of the molecule is CCOC(=O)N(C)S(=O)(=O)c1ccc(CCNC(=O)c2sccc2OCC)cc1. The Hall–Kier alpha value is -2.59. The molecule has 0 fully saturated rings. The van der Waals surface area contributed by atoms with Gasteiger partial charge in [0.1, 0.15) is 10.6 Å². The molecule has 0 saturated carbocycles. The lowest BCUT2D eigenvalue weighted by molar-refractivity contribution is 0.0954. The summed E-state index contributed by atoms with van der Waals surface area (Å²) in [5.41, 5.74) is 0.847. The van der Waals surface area contributed by atoms with Crippen molar-refractivity contribution in [3.63, 3.8) is 0 Å². The standard InChI is InChI=1S/C19H24N2O6S2/c1-4-26-16-11-13-28-17(16)18(22)20-12-10-14-6-8-15(9-7-14)29(24,25)21(3)19(23)27-5-2/h6-9,11,13H,4-5,10,12H2,1-3H3,(H,20,22). The minimum absolute atomic E-state index is 0.0132. The van der Waals surface area contributed by atoms with Crippen LogP contribution in [-0.2, 0) is 21.2 Å². The van der Waals surface area contributed by atoms with Gasteiger partial charge in [0, 0.05) is 13.6 Å². The van der Waals surface area contributed by atoms with Crippen LogP contribution in [0.3, 0.4) is 0 Å². The maximum atomic E-state index is 12.4. The Morgan fingerprint density at radius 3 is 2.41 bits per heavy atom. The Morgan fingerprint density at radius 2 is 1.79 bits per heavy atom. The van der Waals surface area contributed by atoms with E-state index in [1.54, 1.807) is 30.5 Å². The fraction of sp³-hybridized carbons (Fsp3) is 0.368. The maximum Gasteiger partial charge on any atom is 0.423 e. The van der Waals surface area contributed by atoms with Gasteiger partial charge in [0.25, 0.3) is 15.9 Å². The molecule has 0 atom stereocenters. The summed E-state index contributed by atoms with van der Waals surface area (Å²) in [7, 11) is -2.82. The molecular formula is C19H24N2O6S2. The molecule has 0 aliphatic carbocycles. The number of nitrogens with one attached hydrogen (secondary N) is 1. The Labute approximate surface area is 174 Å². The minimum atomic E-state index is -3.97. The largest absolute Gasteiger partial charge is 0.492 e. The van der Waals surface area contributed by atoms with Crippen LogP contribution in [0.5, 0.6) is 5.75 Å². The maximum absolute atomic E-state index is 12.4. The summed E-state index contributed by atoms with van der Waals surface area (Å²) in [5, 5.41) is 4.63. The smallest absolute Gasteiger partial charge is 0.423 e. The van der Waals surface area contributed by atoms with Crippen molar-refractivity contribution in [2.24, 2.45) is 0 Å². The average Bonchev–Trinajstić information content (AvgIpc) is 3.16. The molecule has 158 valence electrons. The van der Waals surface area contributed by atoms with Crippen molar-refractivity contribution in [3.05, 3.63) is 46.2 Å². The second-order valence-electron chi connectivity index (χ2n) is 5.87. The van der Waals surface area contributed by atoms with Crippen molar-refractivity contribution in [2.75, 3.05) is 26.8 Å². The third kappa shape index (κ3) is 5.70. The Morgan fingerprint density at radius 1 is 1.10 bits per heavy atom. The normalized spacial score (nSPS) is 11.0. The summed E-state index contributed by atoms with van der Waals surface area (Å²) >= 11 is 1.31. The highest BCUT2D eigenvalue weighted by atomic mass is 32.2. The monoisotopic (exact) mass is 440 g/mol. The lowest BCUT2D eigenvalue weighted by atomic mass is 10.1. The van der Waals surface area contributed by atoms with E-state index in [9.17, 15) is 18.0 Å². The van der Waals surface area contributed by atoms with E-state index in [1.165, 1.54) is 23.5 Å². The third-order valence-corrected chi connectivity index (χ3v) is 6.57. The van der Waals surface area contributed by atoms with Gasteiger partial charge in [0.2, 0.25) is 0 Å². The van der Waals surface area contributed by atoms with Gasteiger partial charge in [-0.3, -0.25) is 4.79 Å². The number of rotatable bonds is 9. The molecule has 1 aromatic carbocycles. The van der Waals surface area contributed by atoms with E-state index in [0.717, 1.165) is 12.6 Å². The topological polar surface area (TPSA) is 102 Å². The van der Waals surface area contributed by atoms with Crippen LogP contribution in [0.4, 0.5) is 4.79 Å². The molecule has 0 saturated heterocycles. The highest BCUT2D eigenvalue weighted by molar-refractivity contribution is 7.89. The summed E-state index contributed by atoms with van der Waals surface area (Å²) in [6.07, 6.45) is -0.408. The molecule has 1 N–H and O–H groups in total. The van der Waals surface area contributed by atoms with E-state index in [-0.39, 0.29) is 17.4 Å². The van der Waals surface area contributed by atoms with Crippen molar-refractivity contribution < 1.29 is 27.5 Å². The number of hydrogen-bond donors (Lipinski definition) is 1. The highest BCUT2D eigenvalue weighted by Crippen LogP contribution is 2.24. The first-order valence-corrected chi connectivity index (χ1v) is 11.4. The second kappa shape index (κ2) is 10.3.